The molecule has 4 rings (SSSR count). The Kier molecular flexibility index (Phi) is 4.72. The highest BCUT2D eigenvalue weighted by Crippen LogP contribution is 2.33. The van der Waals surface area contributed by atoms with Crippen molar-refractivity contribution in [3.05, 3.63) is 84.7 Å². The monoisotopic (exact) mass is 368 g/mol. The maximum atomic E-state index is 12.4. The Morgan fingerprint density at radius 1 is 0.857 bits per heavy atom. The quantitative estimate of drug-likeness (QED) is 0.577. The molecule has 0 bridgehead atoms. The molecule has 0 aliphatic heterocycles. The van der Waals surface area contributed by atoms with Crippen molar-refractivity contribution in [3.8, 4) is 33.9 Å². The maximum Gasteiger partial charge on any atom is 0.253 e. The van der Waals surface area contributed by atoms with Crippen molar-refractivity contribution in [1.29, 1.82) is 0 Å². The highest BCUT2D eigenvalue weighted by Gasteiger charge is 2.17. The van der Waals surface area contributed by atoms with Gasteiger partial charge in [-0.15, -0.1) is 0 Å². The molecule has 0 spiro atoms. The molecule has 2 aromatic heterocycles. The van der Waals surface area contributed by atoms with Crippen molar-refractivity contribution in [3.63, 3.8) is 0 Å². The van der Waals surface area contributed by atoms with Gasteiger partial charge in [-0.2, -0.15) is 0 Å². The molecule has 1 amide bonds. The molecule has 0 aliphatic rings. The number of carbonyl (C=O) groups excluding carboxylic acids is 1. The molecule has 2 aromatic carbocycles. The summed E-state index contributed by atoms with van der Waals surface area (Å²) in [5, 5.41) is 0. The number of pyridine rings is 1. The number of carbonyl (C=O) groups is 1. The average molecular weight is 368 g/mol. The second kappa shape index (κ2) is 7.48. The van der Waals surface area contributed by atoms with Crippen LogP contribution in [0, 0.1) is 0 Å². The second-order valence-corrected chi connectivity index (χ2v) is 6.69. The van der Waals surface area contributed by atoms with E-state index in [0.29, 0.717) is 5.56 Å². The van der Waals surface area contributed by atoms with E-state index in [0.717, 1.165) is 33.9 Å². The normalized spacial score (nSPS) is 10.6. The minimum atomic E-state index is -0.0323. The Morgan fingerprint density at radius 3 is 2.29 bits per heavy atom. The third-order valence-electron chi connectivity index (χ3n) is 4.51. The summed E-state index contributed by atoms with van der Waals surface area (Å²) in [6, 6.07) is 21.5. The van der Waals surface area contributed by atoms with Crippen LogP contribution in [0.3, 0.4) is 0 Å². The molecule has 1 N–H and O–H groups in total. The van der Waals surface area contributed by atoms with Crippen molar-refractivity contribution in [1.82, 2.24) is 19.9 Å². The van der Waals surface area contributed by atoms with E-state index in [1.807, 2.05) is 66.7 Å². The van der Waals surface area contributed by atoms with Crippen LogP contribution in [0.1, 0.15) is 10.4 Å². The lowest BCUT2D eigenvalue weighted by molar-refractivity contribution is 0.0827. The van der Waals surface area contributed by atoms with Crippen LogP contribution in [0.5, 0.6) is 0 Å². The van der Waals surface area contributed by atoms with Crippen LogP contribution in [-0.2, 0) is 0 Å². The van der Waals surface area contributed by atoms with Crippen LogP contribution in [0.4, 0.5) is 0 Å². The molecule has 138 valence electrons. The van der Waals surface area contributed by atoms with Gasteiger partial charge in [-0.05, 0) is 24.3 Å². The molecule has 5 heteroatoms. The van der Waals surface area contributed by atoms with E-state index in [1.165, 1.54) is 0 Å². The van der Waals surface area contributed by atoms with E-state index in [1.54, 1.807) is 31.4 Å². The van der Waals surface area contributed by atoms with Crippen molar-refractivity contribution in [2.45, 2.75) is 0 Å². The van der Waals surface area contributed by atoms with E-state index < -0.39 is 0 Å². The molecular formula is C23H20N4O. The molecule has 28 heavy (non-hydrogen) atoms. The van der Waals surface area contributed by atoms with Gasteiger partial charge in [0.2, 0.25) is 0 Å². The SMILES string of the molecule is CN(C)C(=O)c1cccc(-c2[nH]c(-c3ccccc3)nc2-c2ccncc2)c1. The zero-order valence-corrected chi connectivity index (χ0v) is 15.8. The lowest BCUT2D eigenvalue weighted by Crippen LogP contribution is -2.21. The van der Waals surface area contributed by atoms with Gasteiger partial charge in [-0.1, -0.05) is 42.5 Å². The smallest absolute Gasteiger partial charge is 0.253 e. The number of nitrogens with one attached hydrogen (secondary N) is 1. The van der Waals surface area contributed by atoms with Gasteiger partial charge in [0.15, 0.2) is 0 Å². The minimum absolute atomic E-state index is 0.0323. The molecule has 0 fully saturated rings. The first kappa shape index (κ1) is 17.7. The number of aromatic amines is 1. The van der Waals surface area contributed by atoms with Gasteiger partial charge in [0.25, 0.3) is 5.91 Å². The Labute approximate surface area is 163 Å². The van der Waals surface area contributed by atoms with Gasteiger partial charge >= 0.3 is 0 Å². The molecule has 0 radical (unpaired) electrons. The summed E-state index contributed by atoms with van der Waals surface area (Å²) < 4.78 is 0. The summed E-state index contributed by atoms with van der Waals surface area (Å²) in [6.07, 6.45) is 3.50. The summed E-state index contributed by atoms with van der Waals surface area (Å²) >= 11 is 0. The van der Waals surface area contributed by atoms with Crippen LogP contribution in [-0.4, -0.2) is 39.9 Å². The van der Waals surface area contributed by atoms with Gasteiger partial charge in [0.05, 0.1) is 11.4 Å². The Balaban J connectivity index is 1.88. The Bertz CT molecular complexity index is 1100. The molecule has 0 saturated carbocycles. The molecule has 0 atom stereocenters. The first-order valence-electron chi connectivity index (χ1n) is 9.01. The molecule has 0 unspecified atom stereocenters. The third-order valence-corrected chi connectivity index (χ3v) is 4.51. The van der Waals surface area contributed by atoms with Crippen LogP contribution in [0.25, 0.3) is 33.9 Å². The van der Waals surface area contributed by atoms with Crippen molar-refractivity contribution < 1.29 is 4.79 Å². The Morgan fingerprint density at radius 2 is 1.57 bits per heavy atom. The predicted octanol–water partition coefficient (Wildman–Crippen LogP) is 4.51. The number of imidazole rings is 1. The number of H-pyrrole nitrogens is 1. The van der Waals surface area contributed by atoms with E-state index >= 15 is 0 Å². The highest BCUT2D eigenvalue weighted by molar-refractivity contribution is 5.95. The average Bonchev–Trinajstić information content (AvgIpc) is 3.20. The molecule has 2 heterocycles. The summed E-state index contributed by atoms with van der Waals surface area (Å²) in [7, 11) is 3.50. The summed E-state index contributed by atoms with van der Waals surface area (Å²) in [6.45, 7) is 0. The number of rotatable bonds is 4. The van der Waals surface area contributed by atoms with Gasteiger partial charge in [-0.25, -0.2) is 4.98 Å². The zero-order chi connectivity index (χ0) is 19.5. The zero-order valence-electron chi connectivity index (χ0n) is 15.8. The molecule has 0 saturated heterocycles. The van der Waals surface area contributed by atoms with Crippen LogP contribution in [0.15, 0.2) is 79.1 Å². The highest BCUT2D eigenvalue weighted by atomic mass is 16.2. The van der Waals surface area contributed by atoms with Gasteiger partial charge in [-0.3, -0.25) is 9.78 Å². The van der Waals surface area contributed by atoms with Crippen LogP contribution >= 0.6 is 0 Å². The fourth-order valence-electron chi connectivity index (χ4n) is 3.10. The summed E-state index contributed by atoms with van der Waals surface area (Å²) in [5.74, 6) is 0.752. The van der Waals surface area contributed by atoms with E-state index in [4.69, 9.17) is 4.98 Å². The largest absolute Gasteiger partial charge is 0.345 e. The molecule has 4 aromatic rings. The van der Waals surface area contributed by atoms with Gasteiger partial charge in [0, 0.05) is 48.7 Å². The standard InChI is InChI=1S/C23H20N4O/c1-27(2)23(28)19-10-6-9-18(15-19)21-20(16-11-13-24-14-12-16)25-22(26-21)17-7-4-3-5-8-17/h3-15H,1-2H3,(H,25,26). The topological polar surface area (TPSA) is 61.9 Å². The first-order chi connectivity index (χ1) is 13.6. The van der Waals surface area contributed by atoms with E-state index in [2.05, 4.69) is 9.97 Å². The fraction of sp³-hybridized carbons (Fsp3) is 0.0870. The number of hydrogen-bond acceptors (Lipinski definition) is 3. The van der Waals surface area contributed by atoms with E-state index in [-0.39, 0.29) is 5.91 Å². The summed E-state index contributed by atoms with van der Waals surface area (Å²) in [5.41, 5.74) is 5.22. The second-order valence-electron chi connectivity index (χ2n) is 6.69. The first-order valence-corrected chi connectivity index (χ1v) is 9.01. The van der Waals surface area contributed by atoms with Gasteiger partial charge in [0.1, 0.15) is 5.82 Å². The van der Waals surface area contributed by atoms with Crippen molar-refractivity contribution in [2.24, 2.45) is 0 Å². The number of nitrogens with zero attached hydrogens (tertiary/aromatic N) is 3. The van der Waals surface area contributed by atoms with Crippen molar-refractivity contribution >= 4 is 5.91 Å². The minimum Gasteiger partial charge on any atom is -0.345 e. The third kappa shape index (κ3) is 3.42. The number of aromatic nitrogens is 3. The lowest BCUT2D eigenvalue weighted by atomic mass is 10.0. The predicted molar refractivity (Wildman–Crippen MR) is 111 cm³/mol. The van der Waals surface area contributed by atoms with Crippen LogP contribution in [0.2, 0.25) is 0 Å². The van der Waals surface area contributed by atoms with Crippen molar-refractivity contribution in [2.75, 3.05) is 14.1 Å². The number of amides is 1. The summed E-state index contributed by atoms with van der Waals surface area (Å²) in [4.78, 5) is 26.4. The van der Waals surface area contributed by atoms with Gasteiger partial charge < -0.3 is 9.88 Å². The van der Waals surface area contributed by atoms with Crippen LogP contribution < -0.4 is 0 Å². The van der Waals surface area contributed by atoms with E-state index in [9.17, 15) is 4.79 Å². The number of hydrogen-bond donors (Lipinski definition) is 1. The fourth-order valence-corrected chi connectivity index (χ4v) is 3.10. The number of benzene rings is 2. The molecule has 0 aliphatic carbocycles. The molecule has 5 nitrogen and oxygen atoms in total. The lowest BCUT2D eigenvalue weighted by Gasteiger charge is -2.11. The molecular weight excluding hydrogens is 348 g/mol. The maximum absolute atomic E-state index is 12.4. The Hall–Kier alpha value is -3.73.